The minimum Gasteiger partial charge on any atom is -0.318 e. The van der Waals surface area contributed by atoms with Crippen LogP contribution in [-0.4, -0.2) is 41.2 Å². The Hall–Kier alpha value is -2.95. The summed E-state index contributed by atoms with van der Waals surface area (Å²) in [4.78, 5) is 25.7. The molecule has 0 radical (unpaired) electrons. The summed E-state index contributed by atoms with van der Waals surface area (Å²) in [7, 11) is 3.47. The molecule has 0 saturated heterocycles. The van der Waals surface area contributed by atoms with E-state index in [9.17, 15) is 9.59 Å². The van der Waals surface area contributed by atoms with E-state index in [1.165, 1.54) is 15.6 Å². The van der Waals surface area contributed by atoms with Gasteiger partial charge in [0.15, 0.2) is 0 Å². The van der Waals surface area contributed by atoms with E-state index in [0.29, 0.717) is 33.8 Å². The number of carbonyl (C=O) groups is 2. The smallest absolute Gasteiger partial charge is 0.276 e. The Morgan fingerprint density at radius 1 is 1.00 bits per heavy atom. The number of anilines is 2. The zero-order chi connectivity index (χ0) is 20.6. The first-order valence-electron chi connectivity index (χ1n) is 8.60. The molecule has 3 aromatic rings. The predicted octanol–water partition coefficient (Wildman–Crippen LogP) is 2.25. The van der Waals surface area contributed by atoms with E-state index in [1.807, 2.05) is 13.8 Å². The van der Waals surface area contributed by atoms with Crippen molar-refractivity contribution < 1.29 is 9.59 Å². The van der Waals surface area contributed by atoms with Gasteiger partial charge in [0.1, 0.15) is 11.4 Å². The molecule has 0 saturated carbocycles. The molecule has 11 heteroatoms. The van der Waals surface area contributed by atoms with Crippen LogP contribution in [0.3, 0.4) is 0 Å². The van der Waals surface area contributed by atoms with Gasteiger partial charge in [-0.25, -0.2) is 0 Å². The maximum atomic E-state index is 12.9. The molecule has 3 aromatic heterocycles. The minimum atomic E-state index is -0.391. The van der Waals surface area contributed by atoms with Crippen LogP contribution >= 0.6 is 15.9 Å². The second kappa shape index (κ2) is 7.58. The molecule has 3 rings (SSSR count). The van der Waals surface area contributed by atoms with Gasteiger partial charge in [-0.3, -0.25) is 23.6 Å². The molecular formula is C17H21BrN8O2. The largest absolute Gasteiger partial charge is 0.318 e. The summed E-state index contributed by atoms with van der Waals surface area (Å²) in [5, 5.41) is 18.1. The van der Waals surface area contributed by atoms with Crippen molar-refractivity contribution in [3.05, 3.63) is 39.6 Å². The Balaban J connectivity index is 1.91. The number of hydrogen-bond donors (Lipinski definition) is 2. The molecule has 28 heavy (non-hydrogen) atoms. The lowest BCUT2D eigenvalue weighted by Gasteiger charge is -2.10. The van der Waals surface area contributed by atoms with Crippen LogP contribution in [0.15, 0.2) is 16.9 Å². The number of nitrogens with one attached hydrogen (secondary N) is 2. The third-order valence-electron chi connectivity index (χ3n) is 4.45. The Morgan fingerprint density at radius 2 is 1.61 bits per heavy atom. The fraction of sp³-hybridized carbons (Fsp3) is 0.353. The van der Waals surface area contributed by atoms with E-state index >= 15 is 0 Å². The normalized spacial score (nSPS) is 10.9. The number of amides is 2. The quantitative estimate of drug-likeness (QED) is 0.621. The number of halogens is 1. The summed E-state index contributed by atoms with van der Waals surface area (Å²) in [6, 6.07) is 0. The van der Waals surface area contributed by atoms with Gasteiger partial charge in [0.05, 0.1) is 39.6 Å². The first-order chi connectivity index (χ1) is 13.2. The molecule has 148 valence electrons. The van der Waals surface area contributed by atoms with Gasteiger partial charge in [-0.2, -0.15) is 15.3 Å². The van der Waals surface area contributed by atoms with E-state index in [4.69, 9.17) is 0 Å². The highest BCUT2D eigenvalue weighted by Crippen LogP contribution is 2.24. The van der Waals surface area contributed by atoms with Crippen LogP contribution in [0, 0.1) is 13.8 Å². The Labute approximate surface area is 170 Å². The molecule has 0 spiro atoms. The number of rotatable bonds is 5. The van der Waals surface area contributed by atoms with E-state index in [0.717, 1.165) is 5.69 Å². The van der Waals surface area contributed by atoms with Crippen molar-refractivity contribution in [1.82, 2.24) is 29.3 Å². The van der Waals surface area contributed by atoms with Gasteiger partial charge in [0, 0.05) is 20.6 Å². The molecular weight excluding hydrogens is 428 g/mol. The highest BCUT2D eigenvalue weighted by atomic mass is 79.9. The average molecular weight is 449 g/mol. The van der Waals surface area contributed by atoms with E-state index in [1.54, 1.807) is 31.9 Å². The third kappa shape index (κ3) is 3.44. The lowest BCUT2D eigenvalue weighted by Crippen LogP contribution is -2.22. The molecule has 2 N–H and O–H groups in total. The summed E-state index contributed by atoms with van der Waals surface area (Å²) < 4.78 is 5.28. The minimum absolute atomic E-state index is 0.258. The van der Waals surface area contributed by atoms with Gasteiger partial charge >= 0.3 is 0 Å². The number of nitrogens with zero attached hydrogens (tertiary/aromatic N) is 6. The van der Waals surface area contributed by atoms with Gasteiger partial charge in [-0.1, -0.05) is 0 Å². The number of aryl methyl sites for hydroxylation is 4. The summed E-state index contributed by atoms with van der Waals surface area (Å²) >= 11 is 3.38. The van der Waals surface area contributed by atoms with E-state index < -0.39 is 5.91 Å². The van der Waals surface area contributed by atoms with Crippen LogP contribution in [0.5, 0.6) is 0 Å². The molecule has 0 unspecified atom stereocenters. The van der Waals surface area contributed by atoms with E-state index in [2.05, 4.69) is 41.9 Å². The van der Waals surface area contributed by atoms with Crippen molar-refractivity contribution in [3.8, 4) is 0 Å². The molecule has 3 heterocycles. The van der Waals surface area contributed by atoms with E-state index in [-0.39, 0.29) is 11.6 Å². The van der Waals surface area contributed by atoms with Crippen molar-refractivity contribution in [2.75, 3.05) is 10.6 Å². The topological polar surface area (TPSA) is 112 Å². The molecule has 2 amide bonds. The van der Waals surface area contributed by atoms with Gasteiger partial charge in [0.25, 0.3) is 11.8 Å². The van der Waals surface area contributed by atoms with Crippen LogP contribution in [0.4, 0.5) is 11.4 Å². The number of aromatic nitrogens is 6. The van der Waals surface area contributed by atoms with Crippen molar-refractivity contribution in [3.63, 3.8) is 0 Å². The fourth-order valence-electron chi connectivity index (χ4n) is 2.82. The lowest BCUT2D eigenvalue weighted by atomic mass is 10.3. The summed E-state index contributed by atoms with van der Waals surface area (Å²) in [6.45, 7) is 5.99. The summed E-state index contributed by atoms with van der Waals surface area (Å²) in [5.74, 6) is -0.775. The van der Waals surface area contributed by atoms with Crippen LogP contribution < -0.4 is 10.6 Å². The molecule has 0 atom stereocenters. The summed E-state index contributed by atoms with van der Waals surface area (Å²) in [6.07, 6.45) is 3.04. The maximum absolute atomic E-state index is 12.9. The lowest BCUT2D eigenvalue weighted by molar-refractivity contribution is 0.101. The zero-order valence-electron chi connectivity index (χ0n) is 16.2. The highest BCUT2D eigenvalue weighted by molar-refractivity contribution is 9.10. The van der Waals surface area contributed by atoms with Crippen molar-refractivity contribution in [1.29, 1.82) is 0 Å². The van der Waals surface area contributed by atoms with Crippen LogP contribution in [0.1, 0.15) is 39.3 Å². The van der Waals surface area contributed by atoms with Crippen molar-refractivity contribution >= 4 is 39.1 Å². The summed E-state index contributed by atoms with van der Waals surface area (Å²) in [5.41, 5.74) is 3.04. The van der Waals surface area contributed by atoms with Gasteiger partial charge < -0.3 is 10.6 Å². The Bertz CT molecular complexity index is 1060. The average Bonchev–Trinajstić information content (AvgIpc) is 3.26. The first kappa shape index (κ1) is 19.8. The molecule has 10 nitrogen and oxygen atoms in total. The molecule has 0 aliphatic heterocycles. The van der Waals surface area contributed by atoms with Crippen LogP contribution in [-0.2, 0) is 20.6 Å². The standard InChI is InChI=1S/C17H21BrN8O2/c1-6-26-14(16(27)21-11-7-19-24(4)10(11)3)12(8-20-26)22-17(28)15-13(18)9(2)23-25(15)5/h7-8H,6H2,1-5H3,(H,21,27)(H,22,28). The fourth-order valence-corrected chi connectivity index (χ4v) is 3.34. The van der Waals surface area contributed by atoms with Gasteiger partial charge in [-0.15, -0.1) is 0 Å². The third-order valence-corrected chi connectivity index (χ3v) is 5.40. The molecule has 0 fully saturated rings. The van der Waals surface area contributed by atoms with Crippen molar-refractivity contribution in [2.24, 2.45) is 14.1 Å². The number of carbonyl (C=O) groups excluding carboxylic acids is 2. The first-order valence-corrected chi connectivity index (χ1v) is 9.40. The SMILES string of the molecule is CCn1ncc(NC(=O)c2c(Br)c(C)nn2C)c1C(=O)Nc1cnn(C)c1C. The van der Waals surface area contributed by atoms with Crippen molar-refractivity contribution in [2.45, 2.75) is 27.3 Å². The molecule has 0 aromatic carbocycles. The maximum Gasteiger partial charge on any atom is 0.276 e. The van der Waals surface area contributed by atoms with Gasteiger partial charge in [-0.05, 0) is 36.7 Å². The Morgan fingerprint density at radius 3 is 2.14 bits per heavy atom. The predicted molar refractivity (Wildman–Crippen MR) is 107 cm³/mol. The van der Waals surface area contributed by atoms with Crippen LogP contribution in [0.25, 0.3) is 0 Å². The van der Waals surface area contributed by atoms with Crippen LogP contribution in [0.2, 0.25) is 0 Å². The monoisotopic (exact) mass is 448 g/mol. The van der Waals surface area contributed by atoms with Gasteiger partial charge in [0.2, 0.25) is 0 Å². The second-order valence-corrected chi connectivity index (χ2v) is 7.06. The molecule has 0 aliphatic carbocycles. The second-order valence-electron chi connectivity index (χ2n) is 6.27. The zero-order valence-corrected chi connectivity index (χ0v) is 17.8. The molecule has 0 aliphatic rings. The molecule has 0 bridgehead atoms. The highest BCUT2D eigenvalue weighted by Gasteiger charge is 2.24. The number of hydrogen-bond acceptors (Lipinski definition) is 5. The Kier molecular flexibility index (Phi) is 5.36.